The number of rotatable bonds is 2. The zero-order chi connectivity index (χ0) is 20.8. The summed E-state index contributed by atoms with van der Waals surface area (Å²) in [5.74, 6) is -31.2. The van der Waals surface area contributed by atoms with Crippen molar-refractivity contribution in [3.63, 3.8) is 0 Å². The van der Waals surface area contributed by atoms with E-state index in [1.807, 2.05) is 0 Å². The maximum Gasteiger partial charge on any atom is 0.264 e. The quantitative estimate of drug-likeness (QED) is 0.359. The molecule has 0 radical (unpaired) electrons. The average molecular weight is 405 g/mol. The molecule has 2 rings (SSSR count). The first-order valence-electron chi connectivity index (χ1n) is 6.30. The number of benzene rings is 2. The monoisotopic (exact) mass is 405 g/mol. The summed E-state index contributed by atoms with van der Waals surface area (Å²) >= 11 is 0. The van der Waals surface area contributed by atoms with Crippen LogP contribution in [-0.2, 0) is 0 Å². The Bertz CT molecular complexity index is 867. The highest BCUT2D eigenvalue weighted by Gasteiger charge is 2.34. The van der Waals surface area contributed by atoms with Crippen LogP contribution in [0.2, 0.25) is 0 Å². The molecular formula is C14HF10NO2. The Morgan fingerprint density at radius 2 is 0.593 bits per heavy atom. The number of carbonyl (C=O) groups is 2. The van der Waals surface area contributed by atoms with Gasteiger partial charge in [-0.05, 0) is 0 Å². The Hall–Kier alpha value is -3.12. The molecule has 27 heavy (non-hydrogen) atoms. The number of hydrogen-bond donors (Lipinski definition) is 1. The fourth-order valence-electron chi connectivity index (χ4n) is 1.84. The Kier molecular flexibility index (Phi) is 5.15. The number of imide groups is 1. The fraction of sp³-hybridized carbons (Fsp3) is 0. The molecule has 144 valence electrons. The van der Waals surface area contributed by atoms with Gasteiger partial charge in [-0.2, -0.15) is 0 Å². The molecule has 0 aliphatic carbocycles. The largest absolute Gasteiger partial charge is 0.288 e. The van der Waals surface area contributed by atoms with E-state index in [0.29, 0.717) is 0 Å². The SMILES string of the molecule is O=C(NC(=O)c1c(F)c(F)c(F)c(F)c1F)c1c(F)c(F)c(F)c(F)c1F. The van der Waals surface area contributed by atoms with Gasteiger partial charge in [0.15, 0.2) is 46.5 Å². The Morgan fingerprint density at radius 1 is 0.407 bits per heavy atom. The van der Waals surface area contributed by atoms with E-state index in [0.717, 1.165) is 5.32 Å². The minimum absolute atomic E-state index is 0.774. The summed E-state index contributed by atoms with van der Waals surface area (Å²) in [4.78, 5) is 23.1. The van der Waals surface area contributed by atoms with Crippen LogP contribution >= 0.6 is 0 Å². The highest BCUT2D eigenvalue weighted by Crippen LogP contribution is 2.25. The third kappa shape index (κ3) is 3.08. The van der Waals surface area contributed by atoms with Gasteiger partial charge in [0, 0.05) is 0 Å². The standard InChI is InChI=1S/C14HF10NO2/c15-3-1(4(16)8(20)11(23)7(3)19)13(26)25-14(27)2-5(17)9(21)12(24)10(22)6(2)18/h(H,25,26,27). The molecular weight excluding hydrogens is 404 g/mol. The predicted octanol–water partition coefficient (Wildman–Crippen LogP) is 3.65. The van der Waals surface area contributed by atoms with Gasteiger partial charge in [0.1, 0.15) is 11.1 Å². The van der Waals surface area contributed by atoms with Crippen molar-refractivity contribution in [2.45, 2.75) is 0 Å². The number of amides is 2. The van der Waals surface area contributed by atoms with Crippen molar-refractivity contribution >= 4 is 11.8 Å². The van der Waals surface area contributed by atoms with E-state index in [2.05, 4.69) is 0 Å². The molecule has 2 aromatic carbocycles. The molecule has 0 saturated heterocycles. The topological polar surface area (TPSA) is 46.2 Å². The molecule has 13 heteroatoms. The predicted molar refractivity (Wildman–Crippen MR) is 64.3 cm³/mol. The molecule has 0 saturated carbocycles. The van der Waals surface area contributed by atoms with Gasteiger partial charge in [0.25, 0.3) is 11.8 Å². The first-order chi connectivity index (χ1) is 12.4. The van der Waals surface area contributed by atoms with Crippen LogP contribution in [0.3, 0.4) is 0 Å². The molecule has 2 aromatic rings. The molecule has 0 aliphatic rings. The normalized spacial score (nSPS) is 10.9. The molecule has 0 aliphatic heterocycles. The third-order valence-electron chi connectivity index (χ3n) is 3.10. The molecule has 0 unspecified atom stereocenters. The summed E-state index contributed by atoms with van der Waals surface area (Å²) in [6.07, 6.45) is 0. The van der Waals surface area contributed by atoms with Crippen LogP contribution in [-0.4, -0.2) is 11.8 Å². The number of nitrogens with one attached hydrogen (secondary N) is 1. The Balaban J connectivity index is 2.52. The molecule has 0 fully saturated rings. The highest BCUT2D eigenvalue weighted by atomic mass is 19.2. The van der Waals surface area contributed by atoms with Crippen LogP contribution in [0.5, 0.6) is 0 Å². The van der Waals surface area contributed by atoms with Gasteiger partial charge in [-0.1, -0.05) is 0 Å². The summed E-state index contributed by atoms with van der Waals surface area (Å²) in [6, 6.07) is 0. The summed E-state index contributed by atoms with van der Waals surface area (Å²) in [6.45, 7) is 0. The minimum atomic E-state index is -2.66. The van der Waals surface area contributed by atoms with Crippen LogP contribution < -0.4 is 5.32 Å². The highest BCUT2D eigenvalue weighted by molar-refractivity contribution is 6.10. The molecule has 3 nitrogen and oxygen atoms in total. The van der Waals surface area contributed by atoms with Crippen molar-refractivity contribution in [2.24, 2.45) is 0 Å². The van der Waals surface area contributed by atoms with Crippen LogP contribution in [0.4, 0.5) is 43.9 Å². The van der Waals surface area contributed by atoms with Crippen molar-refractivity contribution in [3.8, 4) is 0 Å². The summed E-state index contributed by atoms with van der Waals surface area (Å²) in [7, 11) is 0. The van der Waals surface area contributed by atoms with E-state index in [4.69, 9.17) is 0 Å². The number of halogens is 10. The molecule has 0 aromatic heterocycles. The first kappa shape index (κ1) is 20.2. The van der Waals surface area contributed by atoms with Gasteiger partial charge in [0.2, 0.25) is 11.6 Å². The number of hydrogen-bond acceptors (Lipinski definition) is 2. The van der Waals surface area contributed by atoms with Gasteiger partial charge in [-0.25, -0.2) is 43.9 Å². The molecule has 0 atom stereocenters. The summed E-state index contributed by atoms with van der Waals surface area (Å²) in [5, 5.41) is 0.774. The molecule has 1 N–H and O–H groups in total. The number of carbonyl (C=O) groups excluding carboxylic acids is 2. The van der Waals surface area contributed by atoms with Crippen LogP contribution in [0, 0.1) is 58.2 Å². The van der Waals surface area contributed by atoms with Crippen molar-refractivity contribution in [1.29, 1.82) is 0 Å². The fourth-order valence-corrected chi connectivity index (χ4v) is 1.84. The molecule has 0 heterocycles. The average Bonchev–Trinajstić information content (AvgIpc) is 2.61. The van der Waals surface area contributed by atoms with Gasteiger partial charge in [-0.15, -0.1) is 0 Å². The Labute approximate surface area is 141 Å². The van der Waals surface area contributed by atoms with Crippen molar-refractivity contribution < 1.29 is 53.5 Å². The van der Waals surface area contributed by atoms with Gasteiger partial charge in [0.05, 0.1) is 0 Å². The molecule has 0 spiro atoms. The van der Waals surface area contributed by atoms with Crippen LogP contribution in [0.25, 0.3) is 0 Å². The maximum absolute atomic E-state index is 13.4. The van der Waals surface area contributed by atoms with E-state index < -0.39 is 81.1 Å². The second-order valence-electron chi connectivity index (χ2n) is 4.67. The summed E-state index contributed by atoms with van der Waals surface area (Å²) in [5.41, 5.74) is -4.44. The van der Waals surface area contributed by atoms with Crippen molar-refractivity contribution in [1.82, 2.24) is 5.32 Å². The lowest BCUT2D eigenvalue weighted by Crippen LogP contribution is -2.34. The minimum Gasteiger partial charge on any atom is -0.288 e. The lowest BCUT2D eigenvalue weighted by Gasteiger charge is -2.10. The van der Waals surface area contributed by atoms with Crippen molar-refractivity contribution in [3.05, 3.63) is 69.3 Å². The second-order valence-corrected chi connectivity index (χ2v) is 4.67. The van der Waals surface area contributed by atoms with Gasteiger partial charge < -0.3 is 0 Å². The zero-order valence-electron chi connectivity index (χ0n) is 12.1. The Morgan fingerprint density at radius 3 is 0.815 bits per heavy atom. The summed E-state index contributed by atoms with van der Waals surface area (Å²) < 4.78 is 132. The van der Waals surface area contributed by atoms with Gasteiger partial charge >= 0.3 is 0 Å². The lowest BCUT2D eigenvalue weighted by molar-refractivity contribution is 0.0836. The smallest absolute Gasteiger partial charge is 0.264 e. The van der Waals surface area contributed by atoms with E-state index >= 15 is 0 Å². The van der Waals surface area contributed by atoms with E-state index in [9.17, 15) is 53.5 Å². The lowest BCUT2D eigenvalue weighted by atomic mass is 10.1. The van der Waals surface area contributed by atoms with Crippen LogP contribution in [0.15, 0.2) is 0 Å². The first-order valence-corrected chi connectivity index (χ1v) is 6.30. The van der Waals surface area contributed by atoms with E-state index in [1.54, 1.807) is 0 Å². The van der Waals surface area contributed by atoms with Crippen LogP contribution in [0.1, 0.15) is 20.7 Å². The van der Waals surface area contributed by atoms with Gasteiger partial charge in [-0.3, -0.25) is 14.9 Å². The van der Waals surface area contributed by atoms with E-state index in [-0.39, 0.29) is 0 Å². The third-order valence-corrected chi connectivity index (χ3v) is 3.10. The maximum atomic E-state index is 13.4. The van der Waals surface area contributed by atoms with E-state index in [1.165, 1.54) is 0 Å². The molecule has 0 bridgehead atoms. The zero-order valence-corrected chi connectivity index (χ0v) is 12.1. The second kappa shape index (κ2) is 6.89. The van der Waals surface area contributed by atoms with Crippen molar-refractivity contribution in [2.75, 3.05) is 0 Å². The molecule has 2 amide bonds.